The number of nitrogens with zero attached hydrogens (tertiary/aromatic N) is 2. The van der Waals surface area contributed by atoms with E-state index in [0.717, 1.165) is 16.5 Å². The molecule has 1 aromatic heterocycles. The van der Waals surface area contributed by atoms with Crippen LogP contribution in [0.3, 0.4) is 0 Å². The predicted molar refractivity (Wildman–Crippen MR) is 72.0 cm³/mol. The van der Waals surface area contributed by atoms with Crippen molar-refractivity contribution >= 4 is 11.0 Å². The second-order valence-electron chi connectivity index (χ2n) is 5.39. The zero-order valence-electron chi connectivity index (χ0n) is 11.3. The highest BCUT2D eigenvalue weighted by Crippen LogP contribution is 2.40. The Morgan fingerprint density at radius 3 is 2.56 bits per heavy atom. The molecule has 3 heteroatoms. The number of nitriles is 1. The van der Waals surface area contributed by atoms with Crippen LogP contribution in [0.15, 0.2) is 34.9 Å². The van der Waals surface area contributed by atoms with Crippen molar-refractivity contribution in [2.45, 2.75) is 19.9 Å². The van der Waals surface area contributed by atoms with E-state index in [4.69, 9.17) is 4.42 Å². The van der Waals surface area contributed by atoms with Crippen molar-refractivity contribution in [2.24, 2.45) is 5.41 Å². The van der Waals surface area contributed by atoms with Gasteiger partial charge in [-0.1, -0.05) is 18.2 Å². The molecular formula is C15H18N2O. The highest BCUT2D eigenvalue weighted by atomic mass is 16.3. The van der Waals surface area contributed by atoms with E-state index in [-0.39, 0.29) is 6.04 Å². The van der Waals surface area contributed by atoms with Crippen molar-refractivity contribution in [3.05, 3.63) is 36.1 Å². The smallest absolute Gasteiger partial charge is 0.134 e. The van der Waals surface area contributed by atoms with E-state index in [1.54, 1.807) is 6.26 Å². The summed E-state index contributed by atoms with van der Waals surface area (Å²) in [4.78, 5) is 2.07. The monoisotopic (exact) mass is 242 g/mol. The largest absolute Gasteiger partial charge is 0.464 e. The second-order valence-corrected chi connectivity index (χ2v) is 5.39. The Kier molecular flexibility index (Phi) is 3.14. The predicted octanol–water partition coefficient (Wildman–Crippen LogP) is 3.59. The number of benzene rings is 1. The van der Waals surface area contributed by atoms with Gasteiger partial charge in [-0.3, -0.25) is 0 Å². The average Bonchev–Trinajstić information content (AvgIpc) is 2.73. The molecule has 0 amide bonds. The van der Waals surface area contributed by atoms with Crippen LogP contribution in [0, 0.1) is 16.7 Å². The lowest BCUT2D eigenvalue weighted by Crippen LogP contribution is -2.32. The molecule has 0 saturated heterocycles. The number of para-hydroxylation sites is 1. The third-order valence-electron chi connectivity index (χ3n) is 3.29. The Hall–Kier alpha value is -1.79. The topological polar surface area (TPSA) is 40.2 Å². The molecule has 2 rings (SSSR count). The van der Waals surface area contributed by atoms with E-state index < -0.39 is 5.41 Å². The van der Waals surface area contributed by atoms with E-state index in [9.17, 15) is 5.26 Å². The fraction of sp³-hybridized carbons (Fsp3) is 0.400. The van der Waals surface area contributed by atoms with Crippen molar-refractivity contribution in [3.63, 3.8) is 0 Å². The molecule has 94 valence electrons. The van der Waals surface area contributed by atoms with Gasteiger partial charge >= 0.3 is 0 Å². The van der Waals surface area contributed by atoms with Crippen LogP contribution < -0.4 is 0 Å². The van der Waals surface area contributed by atoms with E-state index in [0.29, 0.717) is 0 Å². The van der Waals surface area contributed by atoms with Gasteiger partial charge in [-0.2, -0.15) is 5.26 Å². The first-order valence-corrected chi connectivity index (χ1v) is 6.01. The van der Waals surface area contributed by atoms with E-state index >= 15 is 0 Å². The summed E-state index contributed by atoms with van der Waals surface area (Å²) in [7, 11) is 3.98. The van der Waals surface area contributed by atoms with Crippen molar-refractivity contribution in [1.82, 2.24) is 4.90 Å². The highest BCUT2D eigenvalue weighted by Gasteiger charge is 2.34. The lowest BCUT2D eigenvalue weighted by Gasteiger charge is -2.33. The first kappa shape index (κ1) is 12.7. The van der Waals surface area contributed by atoms with Crippen LogP contribution in [0.25, 0.3) is 11.0 Å². The maximum Gasteiger partial charge on any atom is 0.134 e. The standard InChI is InChI=1S/C15H18N2O/c1-15(2,10-16)14(17(3)4)12-9-18-13-8-6-5-7-11(12)13/h5-9,14H,1-4H3. The van der Waals surface area contributed by atoms with Gasteiger partial charge < -0.3 is 9.32 Å². The average molecular weight is 242 g/mol. The molecule has 0 radical (unpaired) electrons. The Bertz CT molecular complexity index is 590. The van der Waals surface area contributed by atoms with E-state index in [1.807, 2.05) is 52.2 Å². The van der Waals surface area contributed by atoms with Gasteiger partial charge in [0.05, 0.1) is 23.8 Å². The maximum atomic E-state index is 9.38. The number of furan rings is 1. The summed E-state index contributed by atoms with van der Waals surface area (Å²) in [5.74, 6) is 0. The first-order chi connectivity index (χ1) is 8.47. The minimum absolute atomic E-state index is 0.00569. The molecule has 0 aliphatic rings. The minimum atomic E-state index is -0.476. The zero-order valence-corrected chi connectivity index (χ0v) is 11.3. The van der Waals surface area contributed by atoms with Gasteiger partial charge in [-0.25, -0.2) is 0 Å². The van der Waals surface area contributed by atoms with Crippen LogP contribution in [-0.4, -0.2) is 19.0 Å². The summed E-state index contributed by atoms with van der Waals surface area (Å²) in [6.45, 7) is 3.92. The summed E-state index contributed by atoms with van der Waals surface area (Å²) in [5.41, 5.74) is 1.46. The molecule has 0 spiro atoms. The molecule has 1 atom stereocenters. The molecule has 0 bridgehead atoms. The van der Waals surface area contributed by atoms with Crippen LogP contribution in [0.4, 0.5) is 0 Å². The molecular weight excluding hydrogens is 224 g/mol. The Labute approximate surface area is 108 Å². The van der Waals surface area contributed by atoms with Crippen LogP contribution in [-0.2, 0) is 0 Å². The van der Waals surface area contributed by atoms with Crippen LogP contribution >= 0.6 is 0 Å². The third kappa shape index (κ3) is 2.00. The summed E-state index contributed by atoms with van der Waals surface area (Å²) in [5, 5.41) is 10.5. The second kappa shape index (κ2) is 4.47. The Morgan fingerprint density at radius 2 is 1.94 bits per heavy atom. The fourth-order valence-electron chi connectivity index (χ4n) is 2.58. The molecule has 3 nitrogen and oxygen atoms in total. The van der Waals surface area contributed by atoms with Crippen molar-refractivity contribution in [3.8, 4) is 6.07 Å². The molecule has 1 aromatic carbocycles. The molecule has 0 N–H and O–H groups in total. The molecule has 1 heterocycles. The van der Waals surface area contributed by atoms with Gasteiger partial charge in [-0.05, 0) is 34.0 Å². The molecule has 18 heavy (non-hydrogen) atoms. The summed E-state index contributed by atoms with van der Waals surface area (Å²) >= 11 is 0. The van der Waals surface area contributed by atoms with Crippen molar-refractivity contribution in [2.75, 3.05) is 14.1 Å². The highest BCUT2D eigenvalue weighted by molar-refractivity contribution is 5.81. The van der Waals surface area contributed by atoms with Gasteiger partial charge in [0, 0.05) is 10.9 Å². The molecule has 0 fully saturated rings. The zero-order chi connectivity index (χ0) is 13.3. The van der Waals surface area contributed by atoms with Gasteiger partial charge in [-0.15, -0.1) is 0 Å². The van der Waals surface area contributed by atoms with Crippen molar-refractivity contribution in [1.29, 1.82) is 5.26 Å². The normalized spacial score (nSPS) is 13.8. The minimum Gasteiger partial charge on any atom is -0.464 e. The molecule has 1 unspecified atom stereocenters. The quantitative estimate of drug-likeness (QED) is 0.825. The van der Waals surface area contributed by atoms with Gasteiger partial charge in [0.15, 0.2) is 0 Å². The number of fused-ring (bicyclic) bond motifs is 1. The fourth-order valence-corrected chi connectivity index (χ4v) is 2.58. The van der Waals surface area contributed by atoms with Gasteiger partial charge in [0.2, 0.25) is 0 Å². The van der Waals surface area contributed by atoms with Crippen LogP contribution in [0.1, 0.15) is 25.5 Å². The van der Waals surface area contributed by atoms with Crippen molar-refractivity contribution < 1.29 is 4.42 Å². The van der Waals surface area contributed by atoms with Crippen LogP contribution in [0.2, 0.25) is 0 Å². The van der Waals surface area contributed by atoms with Crippen LogP contribution in [0.5, 0.6) is 0 Å². The number of rotatable bonds is 3. The Morgan fingerprint density at radius 1 is 1.28 bits per heavy atom. The molecule has 0 saturated carbocycles. The SMILES string of the molecule is CN(C)C(c1coc2ccccc12)C(C)(C)C#N. The number of hydrogen-bond acceptors (Lipinski definition) is 3. The molecule has 2 aromatic rings. The summed E-state index contributed by atoms with van der Waals surface area (Å²) < 4.78 is 5.58. The summed E-state index contributed by atoms with van der Waals surface area (Å²) in [6.07, 6.45) is 1.77. The Balaban J connectivity index is 2.60. The lowest BCUT2D eigenvalue weighted by atomic mass is 9.81. The lowest BCUT2D eigenvalue weighted by molar-refractivity contribution is 0.185. The maximum absolute atomic E-state index is 9.38. The van der Waals surface area contributed by atoms with Gasteiger partial charge in [0.25, 0.3) is 0 Å². The van der Waals surface area contributed by atoms with E-state index in [1.165, 1.54) is 0 Å². The third-order valence-corrected chi connectivity index (χ3v) is 3.29. The van der Waals surface area contributed by atoms with Gasteiger partial charge in [0.1, 0.15) is 5.58 Å². The van der Waals surface area contributed by atoms with E-state index in [2.05, 4.69) is 11.0 Å². The molecule has 0 aliphatic heterocycles. The number of hydrogen-bond donors (Lipinski definition) is 0. The first-order valence-electron chi connectivity index (χ1n) is 6.01. The summed E-state index contributed by atoms with van der Waals surface area (Å²) in [6, 6.07) is 10.3. The molecule has 0 aliphatic carbocycles.